The minimum atomic E-state index is -5.45. The van der Waals surface area contributed by atoms with Crippen molar-refractivity contribution in [2.24, 2.45) is 0 Å². The smallest absolute Gasteiger partial charge is 0.447 e. The number of amides is 2. The molecule has 1 aromatic heterocycles. The van der Waals surface area contributed by atoms with Crippen LogP contribution in [0.25, 0.3) is 5.69 Å². The van der Waals surface area contributed by atoms with Gasteiger partial charge in [-0.3, -0.25) is 4.90 Å². The van der Waals surface area contributed by atoms with Crippen molar-refractivity contribution in [3.05, 3.63) is 33.4 Å². The lowest BCUT2D eigenvalue weighted by atomic mass is 10.2. The van der Waals surface area contributed by atoms with E-state index in [2.05, 4.69) is 10.4 Å². The van der Waals surface area contributed by atoms with Gasteiger partial charge < -0.3 is 14.8 Å². The van der Waals surface area contributed by atoms with Crippen molar-refractivity contribution in [1.82, 2.24) is 15.1 Å². The third-order valence-corrected chi connectivity index (χ3v) is 6.21. The van der Waals surface area contributed by atoms with E-state index in [0.29, 0.717) is 21.7 Å². The molecular formula is C21H19Cl2F6N5O5S. The highest BCUT2D eigenvalue weighted by molar-refractivity contribution is 7.86. The van der Waals surface area contributed by atoms with Gasteiger partial charge in [-0.15, -0.1) is 0 Å². The Kier molecular flexibility index (Phi) is 9.98. The first kappa shape index (κ1) is 33.0. The van der Waals surface area contributed by atoms with E-state index < -0.39 is 84.6 Å². The molecule has 0 radical (unpaired) electrons. The molecule has 0 aliphatic rings. The number of alkyl carbamates (subject to hydrolysis) is 1. The minimum Gasteiger partial charge on any atom is -0.447 e. The monoisotopic (exact) mass is 637 g/mol. The lowest BCUT2D eigenvalue weighted by Crippen LogP contribution is -2.36. The van der Waals surface area contributed by atoms with Gasteiger partial charge >= 0.3 is 23.9 Å². The second-order valence-electron chi connectivity index (χ2n) is 8.63. The number of carbonyl (C=O) groups is 2. The Morgan fingerprint density at radius 3 is 2.15 bits per heavy atom. The van der Waals surface area contributed by atoms with Crippen LogP contribution in [0.2, 0.25) is 10.0 Å². The summed E-state index contributed by atoms with van der Waals surface area (Å²) in [4.78, 5) is 23.5. The second kappa shape index (κ2) is 12.1. The van der Waals surface area contributed by atoms with Crippen molar-refractivity contribution < 1.29 is 49.6 Å². The number of hydrogen-bond donors (Lipinski definition) is 1. The fourth-order valence-electron chi connectivity index (χ4n) is 2.93. The van der Waals surface area contributed by atoms with Crippen molar-refractivity contribution >= 4 is 52.0 Å². The van der Waals surface area contributed by atoms with Gasteiger partial charge in [-0.2, -0.15) is 36.7 Å². The van der Waals surface area contributed by atoms with E-state index in [1.54, 1.807) is 20.8 Å². The highest BCUT2D eigenvalue weighted by atomic mass is 35.5. The molecule has 1 heterocycles. The van der Waals surface area contributed by atoms with Crippen LogP contribution in [0.5, 0.6) is 0 Å². The number of carbonyl (C=O) groups excluding carboxylic acids is 2. The van der Waals surface area contributed by atoms with Gasteiger partial charge in [0, 0.05) is 7.05 Å². The number of rotatable bonds is 6. The summed E-state index contributed by atoms with van der Waals surface area (Å²) in [5.74, 6) is -0.985. The predicted molar refractivity (Wildman–Crippen MR) is 130 cm³/mol. The van der Waals surface area contributed by atoms with Crippen LogP contribution < -0.4 is 10.2 Å². The van der Waals surface area contributed by atoms with Gasteiger partial charge in [-0.05, 0) is 32.9 Å². The Bertz CT molecular complexity index is 1340. The molecule has 1 atom stereocenters. The largest absolute Gasteiger partial charge is 0.476 e. The highest BCUT2D eigenvalue weighted by Crippen LogP contribution is 2.42. The van der Waals surface area contributed by atoms with Crippen molar-refractivity contribution in [2.45, 2.75) is 43.0 Å². The molecule has 2 amide bonds. The van der Waals surface area contributed by atoms with Crippen LogP contribution in [0.15, 0.2) is 17.0 Å². The molecule has 10 nitrogen and oxygen atoms in total. The van der Waals surface area contributed by atoms with Crippen molar-refractivity contribution in [2.75, 3.05) is 25.1 Å². The molecule has 0 spiro atoms. The van der Waals surface area contributed by atoms with Crippen molar-refractivity contribution in [3.8, 4) is 11.8 Å². The Labute approximate surface area is 235 Å². The van der Waals surface area contributed by atoms with E-state index in [9.17, 15) is 45.4 Å². The molecule has 2 aromatic rings. The van der Waals surface area contributed by atoms with Crippen LogP contribution >= 0.6 is 23.2 Å². The summed E-state index contributed by atoms with van der Waals surface area (Å²) in [5, 5.41) is 13.7. The fraction of sp³-hybridized carbons (Fsp3) is 0.429. The first-order chi connectivity index (χ1) is 18.2. The number of nitriles is 1. The molecule has 40 heavy (non-hydrogen) atoms. The number of aromatic nitrogens is 2. The van der Waals surface area contributed by atoms with E-state index in [1.165, 1.54) is 6.07 Å². The van der Waals surface area contributed by atoms with Crippen LogP contribution in [-0.4, -0.2) is 57.5 Å². The van der Waals surface area contributed by atoms with Crippen LogP contribution in [0, 0.1) is 11.3 Å². The molecule has 0 saturated heterocycles. The maximum atomic E-state index is 13.5. The maximum absolute atomic E-state index is 13.5. The summed E-state index contributed by atoms with van der Waals surface area (Å²) < 4.78 is 103. The first-order valence-corrected chi connectivity index (χ1v) is 12.5. The third-order valence-electron chi connectivity index (χ3n) is 4.46. The number of anilines is 1. The number of alkyl halides is 6. The molecule has 2 rings (SSSR count). The standard InChI is InChI=1S/C21H19Cl2F6N5O5S/c1-19(2,3)39-17(35)31-5-6-38-18(36)33(4)16-15(40(37)21(27,28)29)13(9-30)32-34(16)14-11(22)7-10(8-12(14)23)20(24,25)26/h7-8H,5-6H2,1-4H3,(H,31,35). The van der Waals surface area contributed by atoms with E-state index in [-0.39, 0.29) is 6.54 Å². The Morgan fingerprint density at radius 2 is 1.70 bits per heavy atom. The molecular weight excluding hydrogens is 619 g/mol. The van der Waals surface area contributed by atoms with Gasteiger partial charge in [-0.25, -0.2) is 18.5 Å². The maximum Gasteiger partial charge on any atom is 0.476 e. The second-order valence-corrected chi connectivity index (χ2v) is 10.9. The molecule has 1 N–H and O–H groups in total. The number of hydrogen-bond acceptors (Lipinski definition) is 7. The van der Waals surface area contributed by atoms with E-state index in [4.69, 9.17) is 32.7 Å². The molecule has 0 aliphatic carbocycles. The van der Waals surface area contributed by atoms with E-state index >= 15 is 0 Å². The molecule has 0 saturated carbocycles. The lowest BCUT2D eigenvalue weighted by molar-refractivity contribution is -0.137. The number of nitrogens with zero attached hydrogens (tertiary/aromatic N) is 4. The molecule has 19 heteroatoms. The van der Waals surface area contributed by atoms with Gasteiger partial charge in [0.25, 0.3) is 0 Å². The van der Waals surface area contributed by atoms with E-state index in [0.717, 1.165) is 7.05 Å². The molecule has 1 aromatic carbocycles. The normalized spacial score (nSPS) is 12.9. The van der Waals surface area contributed by atoms with Crippen LogP contribution in [0.3, 0.4) is 0 Å². The van der Waals surface area contributed by atoms with Gasteiger partial charge in [0.15, 0.2) is 22.3 Å². The summed E-state index contributed by atoms with van der Waals surface area (Å²) in [7, 11) is -3.12. The summed E-state index contributed by atoms with van der Waals surface area (Å²) in [6.07, 6.45) is -7.16. The zero-order chi connectivity index (χ0) is 30.8. The van der Waals surface area contributed by atoms with Crippen molar-refractivity contribution in [1.29, 1.82) is 5.26 Å². The van der Waals surface area contributed by atoms with Crippen LogP contribution in [0.1, 0.15) is 32.0 Å². The molecule has 1 unspecified atom stereocenters. The van der Waals surface area contributed by atoms with Gasteiger partial charge in [0.2, 0.25) is 0 Å². The minimum absolute atomic E-state index is 0.297. The number of benzene rings is 1. The number of nitrogens with one attached hydrogen (secondary N) is 1. The predicted octanol–water partition coefficient (Wildman–Crippen LogP) is 5.79. The average Bonchev–Trinajstić information content (AvgIpc) is 3.16. The molecule has 0 fully saturated rings. The quantitative estimate of drug-likeness (QED) is 0.313. The van der Waals surface area contributed by atoms with Crippen LogP contribution in [-0.2, 0) is 26.4 Å². The first-order valence-electron chi connectivity index (χ1n) is 10.6. The summed E-state index contributed by atoms with van der Waals surface area (Å²) >= 11 is 11.9. The number of ether oxygens (including phenoxy) is 2. The Morgan fingerprint density at radius 1 is 1.15 bits per heavy atom. The van der Waals surface area contributed by atoms with Gasteiger partial charge in [0.05, 0.1) is 22.2 Å². The summed E-state index contributed by atoms with van der Waals surface area (Å²) in [6.45, 7) is 3.96. The lowest BCUT2D eigenvalue weighted by Gasteiger charge is -2.22. The SMILES string of the molecule is CN(C(=O)OCCNC(=O)OC(C)(C)C)c1c(S(=O)C(F)(F)F)c(C#N)nn1-c1c(Cl)cc(C(F)(F)F)cc1Cl. The summed E-state index contributed by atoms with van der Waals surface area (Å²) in [5.41, 5.74) is -9.35. The van der Waals surface area contributed by atoms with Gasteiger partial charge in [0.1, 0.15) is 28.9 Å². The molecule has 0 bridgehead atoms. The van der Waals surface area contributed by atoms with Crippen LogP contribution in [0.4, 0.5) is 41.7 Å². The fourth-order valence-corrected chi connectivity index (χ4v) is 4.46. The Balaban J connectivity index is 2.56. The van der Waals surface area contributed by atoms with Gasteiger partial charge in [-0.1, -0.05) is 23.2 Å². The highest BCUT2D eigenvalue weighted by Gasteiger charge is 2.44. The zero-order valence-electron chi connectivity index (χ0n) is 20.8. The Hall–Kier alpha value is -3.23. The molecule has 0 aliphatic heterocycles. The van der Waals surface area contributed by atoms with Crippen molar-refractivity contribution in [3.63, 3.8) is 0 Å². The summed E-state index contributed by atoms with van der Waals surface area (Å²) in [6, 6.07) is 2.08. The topological polar surface area (TPSA) is 127 Å². The zero-order valence-corrected chi connectivity index (χ0v) is 23.2. The molecule has 220 valence electrons. The number of halogens is 8. The van der Waals surface area contributed by atoms with E-state index in [1.807, 2.05) is 0 Å². The third kappa shape index (κ3) is 7.92. The average molecular weight is 638 g/mol.